The van der Waals surface area contributed by atoms with Gasteiger partial charge >= 0.3 is 0 Å². The summed E-state index contributed by atoms with van der Waals surface area (Å²) in [7, 11) is 0. The number of nitrogens with one attached hydrogen (secondary N) is 1. The molecule has 1 aliphatic carbocycles. The number of imidazole rings is 1. The van der Waals surface area contributed by atoms with E-state index in [-0.39, 0.29) is 11.7 Å². The van der Waals surface area contributed by atoms with Gasteiger partial charge in [0, 0.05) is 43.2 Å². The highest BCUT2D eigenvalue weighted by Crippen LogP contribution is 2.30. The summed E-state index contributed by atoms with van der Waals surface area (Å²) in [6, 6.07) is 7.81. The SMILES string of the molecule is CC(=O)c1cccc(-c2nc(NC3CC3)c3ncn(CCN4CCCC4=O)c3n2)c1. The highest BCUT2D eigenvalue weighted by molar-refractivity contribution is 5.95. The van der Waals surface area contributed by atoms with Gasteiger partial charge in [0.25, 0.3) is 0 Å². The number of carbonyl (C=O) groups excluding carboxylic acids is 2. The van der Waals surface area contributed by atoms with E-state index in [0.29, 0.717) is 36.9 Å². The third-order valence-electron chi connectivity index (χ3n) is 5.69. The van der Waals surface area contributed by atoms with Crippen LogP contribution in [0, 0.1) is 0 Å². The van der Waals surface area contributed by atoms with E-state index in [1.807, 2.05) is 27.7 Å². The molecule has 0 radical (unpaired) electrons. The zero-order valence-electron chi connectivity index (χ0n) is 17.0. The van der Waals surface area contributed by atoms with Crippen molar-refractivity contribution in [3.05, 3.63) is 36.2 Å². The van der Waals surface area contributed by atoms with E-state index < -0.39 is 0 Å². The minimum Gasteiger partial charge on any atom is -0.365 e. The van der Waals surface area contributed by atoms with E-state index in [1.165, 1.54) is 0 Å². The second-order valence-corrected chi connectivity index (χ2v) is 8.05. The van der Waals surface area contributed by atoms with E-state index in [1.54, 1.807) is 19.3 Å². The third kappa shape index (κ3) is 3.65. The topological polar surface area (TPSA) is 93.0 Å². The fourth-order valence-corrected chi connectivity index (χ4v) is 3.80. The molecule has 1 aliphatic heterocycles. The van der Waals surface area contributed by atoms with E-state index >= 15 is 0 Å². The van der Waals surface area contributed by atoms with Gasteiger partial charge in [-0.25, -0.2) is 15.0 Å². The Morgan fingerprint density at radius 1 is 1.23 bits per heavy atom. The molecular formula is C22H24N6O2. The third-order valence-corrected chi connectivity index (χ3v) is 5.69. The number of nitrogens with zero attached hydrogens (tertiary/aromatic N) is 5. The van der Waals surface area contributed by atoms with Crippen LogP contribution < -0.4 is 5.32 Å². The monoisotopic (exact) mass is 404 g/mol. The normalized spacial score (nSPS) is 16.4. The highest BCUT2D eigenvalue weighted by Gasteiger charge is 2.25. The van der Waals surface area contributed by atoms with Crippen molar-refractivity contribution in [2.75, 3.05) is 18.4 Å². The minimum absolute atomic E-state index is 0.00887. The molecule has 0 spiro atoms. The molecule has 3 aromatic rings. The predicted molar refractivity (Wildman–Crippen MR) is 113 cm³/mol. The lowest BCUT2D eigenvalue weighted by molar-refractivity contribution is -0.127. The number of aromatic nitrogens is 4. The fourth-order valence-electron chi connectivity index (χ4n) is 3.80. The Morgan fingerprint density at radius 3 is 2.83 bits per heavy atom. The lowest BCUT2D eigenvalue weighted by Crippen LogP contribution is -2.28. The molecule has 8 heteroatoms. The zero-order valence-corrected chi connectivity index (χ0v) is 17.0. The summed E-state index contributed by atoms with van der Waals surface area (Å²) in [6.07, 6.45) is 5.58. The maximum atomic E-state index is 11.9. The van der Waals surface area contributed by atoms with Crippen molar-refractivity contribution in [2.24, 2.45) is 0 Å². The van der Waals surface area contributed by atoms with Crippen molar-refractivity contribution >= 4 is 28.7 Å². The van der Waals surface area contributed by atoms with Gasteiger partial charge in [0.05, 0.1) is 6.33 Å². The number of hydrogen-bond donors (Lipinski definition) is 1. The molecule has 2 aliphatic rings. The number of fused-ring (bicyclic) bond motifs is 1. The molecule has 2 aromatic heterocycles. The Bertz CT molecular complexity index is 1130. The Balaban J connectivity index is 1.53. The zero-order chi connectivity index (χ0) is 20.7. The van der Waals surface area contributed by atoms with Crippen molar-refractivity contribution in [3.8, 4) is 11.4 Å². The fraction of sp³-hybridized carbons (Fsp3) is 0.409. The van der Waals surface area contributed by atoms with Crippen LogP contribution in [0.2, 0.25) is 0 Å². The van der Waals surface area contributed by atoms with Gasteiger partial charge in [-0.3, -0.25) is 9.59 Å². The molecule has 1 saturated carbocycles. The smallest absolute Gasteiger partial charge is 0.222 e. The molecule has 0 bridgehead atoms. The van der Waals surface area contributed by atoms with Crippen molar-refractivity contribution in [1.82, 2.24) is 24.4 Å². The molecule has 1 amide bonds. The van der Waals surface area contributed by atoms with Crippen LogP contribution in [0.25, 0.3) is 22.6 Å². The molecule has 8 nitrogen and oxygen atoms in total. The van der Waals surface area contributed by atoms with Crippen molar-refractivity contribution in [2.45, 2.75) is 45.2 Å². The molecule has 2 fully saturated rings. The van der Waals surface area contributed by atoms with E-state index in [2.05, 4.69) is 10.3 Å². The van der Waals surface area contributed by atoms with Gasteiger partial charge in [-0.05, 0) is 32.3 Å². The quantitative estimate of drug-likeness (QED) is 0.609. The Labute approximate surface area is 174 Å². The van der Waals surface area contributed by atoms with Crippen molar-refractivity contribution in [3.63, 3.8) is 0 Å². The Morgan fingerprint density at radius 2 is 2.10 bits per heavy atom. The molecule has 30 heavy (non-hydrogen) atoms. The lowest BCUT2D eigenvalue weighted by Gasteiger charge is -2.16. The van der Waals surface area contributed by atoms with Gasteiger partial charge in [0.2, 0.25) is 5.91 Å². The molecule has 5 rings (SSSR count). The average molecular weight is 404 g/mol. The largest absolute Gasteiger partial charge is 0.365 e. The number of Topliss-reactive ketones (excluding diaryl/α,β-unsaturated/α-hetero) is 1. The summed E-state index contributed by atoms with van der Waals surface area (Å²) < 4.78 is 1.99. The predicted octanol–water partition coefficient (Wildman–Crippen LogP) is 2.89. The van der Waals surface area contributed by atoms with E-state index in [0.717, 1.165) is 48.4 Å². The second-order valence-electron chi connectivity index (χ2n) is 8.05. The number of rotatable bonds is 7. The van der Waals surface area contributed by atoms with Crippen LogP contribution in [-0.4, -0.2) is 55.2 Å². The van der Waals surface area contributed by atoms with Gasteiger partial charge in [0.1, 0.15) is 5.52 Å². The number of carbonyl (C=O) groups is 2. The minimum atomic E-state index is 0.00887. The van der Waals surface area contributed by atoms with Crippen molar-refractivity contribution < 1.29 is 9.59 Å². The second kappa shape index (κ2) is 7.51. The first kappa shape index (κ1) is 18.7. The summed E-state index contributed by atoms with van der Waals surface area (Å²) in [5.41, 5.74) is 2.91. The van der Waals surface area contributed by atoms with E-state index in [4.69, 9.17) is 9.97 Å². The van der Waals surface area contributed by atoms with Gasteiger partial charge in [-0.2, -0.15) is 0 Å². The van der Waals surface area contributed by atoms with Gasteiger partial charge in [-0.15, -0.1) is 0 Å². The molecular weight excluding hydrogens is 380 g/mol. The molecule has 1 aromatic carbocycles. The molecule has 0 unspecified atom stereocenters. The maximum absolute atomic E-state index is 11.9. The standard InChI is InChI=1S/C22H24N6O2/c1-14(29)15-4-2-5-16(12-15)20-25-21(24-17-7-8-17)19-22(26-20)28(13-23-19)11-10-27-9-3-6-18(27)30/h2,4-5,12-13,17H,3,6-11H2,1H3,(H,24,25,26). The summed E-state index contributed by atoms with van der Waals surface area (Å²) in [5.74, 6) is 1.51. The van der Waals surface area contributed by atoms with Crippen molar-refractivity contribution in [1.29, 1.82) is 0 Å². The number of likely N-dealkylation sites (tertiary alicyclic amines) is 1. The molecule has 1 N–H and O–H groups in total. The lowest BCUT2D eigenvalue weighted by atomic mass is 10.1. The average Bonchev–Trinajstić information content (AvgIpc) is 3.32. The molecule has 0 atom stereocenters. The number of hydrogen-bond acceptors (Lipinski definition) is 6. The summed E-state index contributed by atoms with van der Waals surface area (Å²) in [4.78, 5) is 39.7. The van der Waals surface area contributed by atoms with Crippen LogP contribution >= 0.6 is 0 Å². The van der Waals surface area contributed by atoms with Crippen LogP contribution in [0.1, 0.15) is 43.0 Å². The van der Waals surface area contributed by atoms with Crippen LogP contribution in [0.3, 0.4) is 0 Å². The molecule has 3 heterocycles. The van der Waals surface area contributed by atoms with Gasteiger partial charge < -0.3 is 14.8 Å². The maximum Gasteiger partial charge on any atom is 0.222 e. The molecule has 154 valence electrons. The highest BCUT2D eigenvalue weighted by atomic mass is 16.2. The van der Waals surface area contributed by atoms with Gasteiger partial charge in [-0.1, -0.05) is 18.2 Å². The Kier molecular flexibility index (Phi) is 4.69. The van der Waals surface area contributed by atoms with Crippen LogP contribution in [0.15, 0.2) is 30.6 Å². The first-order chi connectivity index (χ1) is 14.6. The summed E-state index contributed by atoms with van der Waals surface area (Å²) >= 11 is 0. The summed E-state index contributed by atoms with van der Waals surface area (Å²) in [6.45, 7) is 3.65. The molecule has 1 saturated heterocycles. The summed E-state index contributed by atoms with van der Waals surface area (Å²) in [5, 5.41) is 3.47. The number of benzene rings is 1. The van der Waals surface area contributed by atoms with Gasteiger partial charge in [0.15, 0.2) is 23.1 Å². The number of amides is 1. The van der Waals surface area contributed by atoms with Crippen LogP contribution in [0.4, 0.5) is 5.82 Å². The first-order valence-corrected chi connectivity index (χ1v) is 10.5. The number of ketones is 1. The van der Waals surface area contributed by atoms with Crippen LogP contribution in [-0.2, 0) is 11.3 Å². The first-order valence-electron chi connectivity index (χ1n) is 10.5. The Hall–Kier alpha value is -3.29. The van der Waals surface area contributed by atoms with Crippen LogP contribution in [0.5, 0.6) is 0 Å². The number of anilines is 1. The van der Waals surface area contributed by atoms with E-state index in [9.17, 15) is 9.59 Å².